The summed E-state index contributed by atoms with van der Waals surface area (Å²) in [5.74, 6) is 0.428. The van der Waals surface area contributed by atoms with Gasteiger partial charge in [0.25, 0.3) is 11.5 Å². The number of H-pyrrole nitrogens is 1. The number of aromatic nitrogens is 3. The van der Waals surface area contributed by atoms with Crippen LogP contribution < -0.4 is 10.9 Å². The Labute approximate surface area is 127 Å². The zero-order valence-corrected chi connectivity index (χ0v) is 12.5. The summed E-state index contributed by atoms with van der Waals surface area (Å²) in [6, 6.07) is 3.26. The number of carbonyl (C=O) groups is 1. The average Bonchev–Trinajstić information content (AvgIpc) is 2.92. The standard InChI is InChI=1S/C15H18N4O3/c1-8(2)11-5-13(22-19-11)15(21)18-10-3-9(4-10)12-6-14(20)17-7-16-12/h5-10H,3-4H2,1-2H3,(H,18,21)(H,16,17,20). The van der Waals surface area contributed by atoms with E-state index < -0.39 is 0 Å². The molecule has 2 aromatic rings. The van der Waals surface area contributed by atoms with Crippen molar-refractivity contribution in [2.75, 3.05) is 0 Å². The Morgan fingerprint density at radius 1 is 1.41 bits per heavy atom. The monoisotopic (exact) mass is 302 g/mol. The molecule has 1 aliphatic rings. The third-order valence-electron chi connectivity index (χ3n) is 3.93. The van der Waals surface area contributed by atoms with Crippen LogP contribution in [-0.2, 0) is 0 Å². The van der Waals surface area contributed by atoms with Gasteiger partial charge in [-0.05, 0) is 18.8 Å². The summed E-state index contributed by atoms with van der Waals surface area (Å²) in [7, 11) is 0. The SMILES string of the molecule is CC(C)c1cc(C(=O)NC2CC(c3cc(=O)[nH]cn3)C2)on1. The molecule has 7 heteroatoms. The van der Waals surface area contributed by atoms with Crippen LogP contribution in [0.5, 0.6) is 0 Å². The van der Waals surface area contributed by atoms with Crippen LogP contribution in [0.25, 0.3) is 0 Å². The highest BCUT2D eigenvalue weighted by Gasteiger charge is 2.33. The fourth-order valence-corrected chi connectivity index (χ4v) is 2.51. The van der Waals surface area contributed by atoms with Crippen molar-refractivity contribution in [1.82, 2.24) is 20.4 Å². The maximum absolute atomic E-state index is 12.1. The van der Waals surface area contributed by atoms with Crippen molar-refractivity contribution in [3.05, 3.63) is 46.0 Å². The van der Waals surface area contributed by atoms with Crippen molar-refractivity contribution in [3.63, 3.8) is 0 Å². The van der Waals surface area contributed by atoms with E-state index >= 15 is 0 Å². The minimum absolute atomic E-state index is 0.0752. The number of hydrogen-bond donors (Lipinski definition) is 2. The number of nitrogens with zero attached hydrogens (tertiary/aromatic N) is 2. The van der Waals surface area contributed by atoms with E-state index in [-0.39, 0.29) is 35.1 Å². The second-order valence-corrected chi connectivity index (χ2v) is 5.95. The van der Waals surface area contributed by atoms with E-state index in [1.54, 1.807) is 6.07 Å². The summed E-state index contributed by atoms with van der Waals surface area (Å²) >= 11 is 0. The molecule has 0 spiro atoms. The number of carbonyl (C=O) groups excluding carboxylic acids is 1. The first kappa shape index (κ1) is 14.5. The van der Waals surface area contributed by atoms with Gasteiger partial charge in [-0.25, -0.2) is 4.98 Å². The Hall–Kier alpha value is -2.44. The molecule has 116 valence electrons. The Morgan fingerprint density at radius 3 is 2.82 bits per heavy atom. The molecule has 2 N–H and O–H groups in total. The van der Waals surface area contributed by atoms with Gasteiger partial charge >= 0.3 is 0 Å². The van der Waals surface area contributed by atoms with E-state index in [0.717, 1.165) is 24.2 Å². The third kappa shape index (κ3) is 2.93. The van der Waals surface area contributed by atoms with Gasteiger partial charge in [0.2, 0.25) is 5.76 Å². The van der Waals surface area contributed by atoms with Crippen molar-refractivity contribution in [3.8, 4) is 0 Å². The number of hydrogen-bond acceptors (Lipinski definition) is 5. The Bertz CT molecular complexity index is 728. The summed E-state index contributed by atoms with van der Waals surface area (Å²) in [5, 5.41) is 6.79. The zero-order valence-electron chi connectivity index (χ0n) is 12.5. The first-order valence-electron chi connectivity index (χ1n) is 7.35. The van der Waals surface area contributed by atoms with Gasteiger partial charge in [0.1, 0.15) is 0 Å². The van der Waals surface area contributed by atoms with E-state index in [1.165, 1.54) is 12.4 Å². The van der Waals surface area contributed by atoms with E-state index in [1.807, 2.05) is 13.8 Å². The van der Waals surface area contributed by atoms with E-state index in [2.05, 4.69) is 20.4 Å². The van der Waals surface area contributed by atoms with Crippen LogP contribution in [0.15, 0.2) is 27.8 Å². The molecule has 0 atom stereocenters. The van der Waals surface area contributed by atoms with Crippen molar-refractivity contribution < 1.29 is 9.32 Å². The van der Waals surface area contributed by atoms with Crippen LogP contribution in [0.1, 0.15) is 60.5 Å². The highest BCUT2D eigenvalue weighted by molar-refractivity contribution is 5.91. The largest absolute Gasteiger partial charge is 0.351 e. The van der Waals surface area contributed by atoms with Crippen molar-refractivity contribution >= 4 is 5.91 Å². The van der Waals surface area contributed by atoms with Crippen molar-refractivity contribution in [1.29, 1.82) is 0 Å². The van der Waals surface area contributed by atoms with Gasteiger partial charge < -0.3 is 14.8 Å². The van der Waals surface area contributed by atoms with E-state index in [4.69, 9.17) is 4.52 Å². The Kier molecular flexibility index (Phi) is 3.79. The smallest absolute Gasteiger partial charge is 0.290 e. The summed E-state index contributed by atoms with van der Waals surface area (Å²) in [6.45, 7) is 3.98. The summed E-state index contributed by atoms with van der Waals surface area (Å²) in [6.07, 6.45) is 2.95. The first-order valence-corrected chi connectivity index (χ1v) is 7.35. The second-order valence-electron chi connectivity index (χ2n) is 5.95. The predicted molar refractivity (Wildman–Crippen MR) is 78.7 cm³/mol. The fourth-order valence-electron chi connectivity index (χ4n) is 2.51. The minimum atomic E-state index is -0.248. The Morgan fingerprint density at radius 2 is 2.18 bits per heavy atom. The molecule has 2 heterocycles. The van der Waals surface area contributed by atoms with Crippen LogP contribution in [0, 0.1) is 0 Å². The molecule has 1 fully saturated rings. The van der Waals surface area contributed by atoms with Crippen LogP contribution in [0.4, 0.5) is 0 Å². The van der Waals surface area contributed by atoms with Gasteiger partial charge in [0.15, 0.2) is 0 Å². The summed E-state index contributed by atoms with van der Waals surface area (Å²) in [5.41, 5.74) is 1.39. The lowest BCUT2D eigenvalue weighted by atomic mass is 9.78. The van der Waals surface area contributed by atoms with Crippen LogP contribution in [-0.4, -0.2) is 27.1 Å². The van der Waals surface area contributed by atoms with Crippen LogP contribution >= 0.6 is 0 Å². The molecule has 1 saturated carbocycles. The lowest BCUT2D eigenvalue weighted by Gasteiger charge is -2.34. The van der Waals surface area contributed by atoms with Crippen molar-refractivity contribution in [2.45, 2.75) is 44.6 Å². The number of nitrogens with one attached hydrogen (secondary N) is 2. The third-order valence-corrected chi connectivity index (χ3v) is 3.93. The molecule has 0 saturated heterocycles. The maximum atomic E-state index is 12.1. The van der Waals surface area contributed by atoms with Crippen molar-refractivity contribution in [2.24, 2.45) is 0 Å². The first-order chi connectivity index (χ1) is 10.5. The Balaban J connectivity index is 1.55. The molecule has 7 nitrogen and oxygen atoms in total. The minimum Gasteiger partial charge on any atom is -0.351 e. The molecule has 1 amide bonds. The maximum Gasteiger partial charge on any atom is 0.290 e. The predicted octanol–water partition coefficient (Wildman–Crippen LogP) is 1.56. The second kappa shape index (κ2) is 5.75. The van der Waals surface area contributed by atoms with Gasteiger partial charge in [-0.3, -0.25) is 9.59 Å². The molecule has 0 aliphatic heterocycles. The van der Waals surface area contributed by atoms with Gasteiger partial charge in [0, 0.05) is 24.1 Å². The number of rotatable bonds is 4. The molecule has 3 rings (SSSR count). The van der Waals surface area contributed by atoms with E-state index in [0.29, 0.717) is 0 Å². The molecular formula is C15H18N4O3. The molecular weight excluding hydrogens is 284 g/mol. The highest BCUT2D eigenvalue weighted by atomic mass is 16.5. The van der Waals surface area contributed by atoms with Gasteiger partial charge in [-0.2, -0.15) is 0 Å². The zero-order chi connectivity index (χ0) is 15.7. The van der Waals surface area contributed by atoms with E-state index in [9.17, 15) is 9.59 Å². The molecule has 0 unspecified atom stereocenters. The lowest BCUT2D eigenvalue weighted by molar-refractivity contribution is 0.0870. The topological polar surface area (TPSA) is 101 Å². The normalized spacial score (nSPS) is 20.7. The number of aromatic amines is 1. The number of amides is 1. The summed E-state index contributed by atoms with van der Waals surface area (Å²) < 4.78 is 5.06. The molecule has 0 aromatic carbocycles. The molecule has 2 aromatic heterocycles. The quantitative estimate of drug-likeness (QED) is 0.892. The molecule has 0 bridgehead atoms. The van der Waals surface area contributed by atoms with Crippen LogP contribution in [0.2, 0.25) is 0 Å². The van der Waals surface area contributed by atoms with Gasteiger partial charge in [0.05, 0.1) is 17.7 Å². The molecule has 0 radical (unpaired) electrons. The fraction of sp³-hybridized carbons (Fsp3) is 0.467. The molecule has 22 heavy (non-hydrogen) atoms. The summed E-state index contributed by atoms with van der Waals surface area (Å²) in [4.78, 5) is 30.0. The highest BCUT2D eigenvalue weighted by Crippen LogP contribution is 2.35. The van der Waals surface area contributed by atoms with Gasteiger partial charge in [-0.1, -0.05) is 19.0 Å². The average molecular weight is 302 g/mol. The van der Waals surface area contributed by atoms with Gasteiger partial charge in [-0.15, -0.1) is 0 Å². The lowest BCUT2D eigenvalue weighted by Crippen LogP contribution is -2.43. The molecule has 1 aliphatic carbocycles. The van der Waals surface area contributed by atoms with Crippen LogP contribution in [0.3, 0.4) is 0 Å².